The zero-order valence-corrected chi connectivity index (χ0v) is 16.0. The number of anilines is 1. The first-order chi connectivity index (χ1) is 11.0. The van der Waals surface area contributed by atoms with Crippen LogP contribution in [0, 0.1) is 6.92 Å². The number of carbonyl (C=O) groups excluding carboxylic acids is 2. The van der Waals surface area contributed by atoms with E-state index in [2.05, 4.69) is 10.6 Å². The number of rotatable bonds is 6. The van der Waals surface area contributed by atoms with E-state index in [-0.39, 0.29) is 41.3 Å². The van der Waals surface area contributed by atoms with Gasteiger partial charge in [-0.15, -0.1) is 24.2 Å². The van der Waals surface area contributed by atoms with Crippen molar-refractivity contribution in [1.29, 1.82) is 0 Å². The van der Waals surface area contributed by atoms with Gasteiger partial charge in [-0.05, 0) is 38.9 Å². The molecule has 0 spiro atoms. The van der Waals surface area contributed by atoms with Crippen LogP contribution in [0.2, 0.25) is 0 Å². The maximum atomic E-state index is 12.4. The molecule has 1 aromatic carbocycles. The lowest BCUT2D eigenvalue weighted by Crippen LogP contribution is -2.42. The van der Waals surface area contributed by atoms with Gasteiger partial charge in [-0.2, -0.15) is 0 Å². The Balaban J connectivity index is 0.00000288. The molecule has 7 heteroatoms. The Morgan fingerprint density at radius 2 is 2.04 bits per heavy atom. The molecule has 0 aromatic heterocycles. The van der Waals surface area contributed by atoms with Crippen molar-refractivity contribution in [2.45, 2.75) is 31.6 Å². The van der Waals surface area contributed by atoms with Crippen LogP contribution in [0.4, 0.5) is 5.69 Å². The summed E-state index contributed by atoms with van der Waals surface area (Å²) in [6, 6.07) is 7.95. The van der Waals surface area contributed by atoms with E-state index in [1.807, 2.05) is 50.1 Å². The molecule has 5 nitrogen and oxygen atoms in total. The van der Waals surface area contributed by atoms with E-state index in [0.717, 1.165) is 30.8 Å². The molecule has 1 heterocycles. The van der Waals surface area contributed by atoms with Crippen LogP contribution >= 0.6 is 24.2 Å². The Hall–Kier alpha value is -1.24. The van der Waals surface area contributed by atoms with Gasteiger partial charge in [-0.3, -0.25) is 9.59 Å². The smallest absolute Gasteiger partial charge is 0.235 e. The molecule has 0 radical (unpaired) electrons. The molecule has 1 aromatic rings. The van der Waals surface area contributed by atoms with Crippen molar-refractivity contribution in [2.75, 3.05) is 31.2 Å². The molecule has 2 N–H and O–H groups in total. The third kappa shape index (κ3) is 6.00. The van der Waals surface area contributed by atoms with Gasteiger partial charge in [0.2, 0.25) is 11.8 Å². The normalized spacial score (nSPS) is 17.7. The highest BCUT2D eigenvalue weighted by molar-refractivity contribution is 8.01. The van der Waals surface area contributed by atoms with Crippen molar-refractivity contribution in [3.8, 4) is 0 Å². The summed E-state index contributed by atoms with van der Waals surface area (Å²) in [6.07, 6.45) is 0.994. The van der Waals surface area contributed by atoms with E-state index in [9.17, 15) is 9.59 Å². The second-order valence-electron chi connectivity index (χ2n) is 5.96. The van der Waals surface area contributed by atoms with Crippen LogP contribution in [-0.4, -0.2) is 53.9 Å². The van der Waals surface area contributed by atoms with Crippen molar-refractivity contribution < 1.29 is 9.59 Å². The molecule has 0 bridgehead atoms. The standard InChI is InChI=1S/C17H25N3O2S.ClH/c1-12-4-6-14(7-5-12)19-16(21)11-23-13(2)17(22)20(3)15-8-9-18-10-15;/h4-7,13,15,18H,8-11H2,1-3H3,(H,19,21);1H. The number of nitrogens with zero attached hydrogens (tertiary/aromatic N) is 1. The van der Waals surface area contributed by atoms with Crippen molar-refractivity contribution in [3.05, 3.63) is 29.8 Å². The molecule has 2 rings (SSSR count). The van der Waals surface area contributed by atoms with Crippen LogP contribution in [0.25, 0.3) is 0 Å². The zero-order valence-electron chi connectivity index (χ0n) is 14.4. The van der Waals surface area contributed by atoms with Crippen molar-refractivity contribution in [3.63, 3.8) is 0 Å². The molecule has 2 atom stereocenters. The average Bonchev–Trinajstić information content (AvgIpc) is 3.08. The molecule has 1 aliphatic rings. The van der Waals surface area contributed by atoms with Gasteiger partial charge in [0.15, 0.2) is 0 Å². The van der Waals surface area contributed by atoms with Crippen LogP contribution in [0.1, 0.15) is 18.9 Å². The average molecular weight is 372 g/mol. The van der Waals surface area contributed by atoms with Crippen molar-refractivity contribution in [1.82, 2.24) is 10.2 Å². The van der Waals surface area contributed by atoms with Crippen LogP contribution in [0.3, 0.4) is 0 Å². The fourth-order valence-electron chi connectivity index (χ4n) is 2.54. The molecular weight excluding hydrogens is 346 g/mol. The third-order valence-corrected chi connectivity index (χ3v) is 5.21. The minimum Gasteiger partial charge on any atom is -0.340 e. The molecule has 0 aliphatic carbocycles. The number of halogens is 1. The van der Waals surface area contributed by atoms with Crippen LogP contribution in [0.5, 0.6) is 0 Å². The van der Waals surface area contributed by atoms with Gasteiger partial charge in [0, 0.05) is 25.3 Å². The largest absolute Gasteiger partial charge is 0.340 e. The van der Waals surface area contributed by atoms with Gasteiger partial charge in [0.05, 0.1) is 11.0 Å². The van der Waals surface area contributed by atoms with Crippen LogP contribution < -0.4 is 10.6 Å². The minimum atomic E-state index is -0.218. The Kier molecular flexibility index (Phi) is 8.59. The number of likely N-dealkylation sites (N-methyl/N-ethyl adjacent to an activating group) is 1. The number of aryl methyl sites for hydroxylation is 1. The lowest BCUT2D eigenvalue weighted by atomic mass is 10.2. The van der Waals surface area contributed by atoms with Gasteiger partial charge in [-0.1, -0.05) is 17.7 Å². The lowest BCUT2D eigenvalue weighted by molar-refractivity contribution is -0.130. The number of thioether (sulfide) groups is 1. The number of hydrogen-bond acceptors (Lipinski definition) is 4. The highest BCUT2D eigenvalue weighted by atomic mass is 35.5. The SMILES string of the molecule is Cc1ccc(NC(=O)CSC(C)C(=O)N(C)C2CCNC2)cc1.Cl. The molecule has 2 unspecified atom stereocenters. The van der Waals surface area contributed by atoms with Gasteiger partial charge in [0.25, 0.3) is 0 Å². The third-order valence-electron chi connectivity index (χ3n) is 4.08. The molecule has 1 aliphatic heterocycles. The monoisotopic (exact) mass is 371 g/mol. The van der Waals surface area contributed by atoms with Gasteiger partial charge in [0.1, 0.15) is 0 Å². The molecule has 1 saturated heterocycles. The number of nitrogens with one attached hydrogen (secondary N) is 2. The van der Waals surface area contributed by atoms with Gasteiger partial charge < -0.3 is 15.5 Å². The first-order valence-corrected chi connectivity index (χ1v) is 8.97. The van der Waals surface area contributed by atoms with E-state index in [1.54, 1.807) is 0 Å². The molecule has 1 fully saturated rings. The maximum absolute atomic E-state index is 12.4. The van der Waals surface area contributed by atoms with Crippen molar-refractivity contribution >= 4 is 41.7 Å². The topological polar surface area (TPSA) is 61.4 Å². The minimum absolute atomic E-state index is 0. The number of carbonyl (C=O) groups is 2. The highest BCUT2D eigenvalue weighted by Crippen LogP contribution is 2.17. The lowest BCUT2D eigenvalue weighted by Gasteiger charge is -2.26. The van der Waals surface area contributed by atoms with E-state index < -0.39 is 0 Å². The Morgan fingerprint density at radius 1 is 1.38 bits per heavy atom. The quantitative estimate of drug-likeness (QED) is 0.805. The summed E-state index contributed by atoms with van der Waals surface area (Å²) in [5.74, 6) is 0.285. The van der Waals surface area contributed by atoms with Crippen LogP contribution in [-0.2, 0) is 9.59 Å². The molecule has 0 saturated carbocycles. The summed E-state index contributed by atoms with van der Waals surface area (Å²) in [6.45, 7) is 5.69. The second kappa shape index (κ2) is 9.91. The zero-order chi connectivity index (χ0) is 16.8. The summed E-state index contributed by atoms with van der Waals surface area (Å²) in [4.78, 5) is 26.2. The fourth-order valence-corrected chi connectivity index (χ4v) is 3.33. The second-order valence-corrected chi connectivity index (χ2v) is 7.29. The Bertz CT molecular complexity index is 547. The van der Waals surface area contributed by atoms with Gasteiger partial charge in [-0.25, -0.2) is 0 Å². The highest BCUT2D eigenvalue weighted by Gasteiger charge is 2.26. The summed E-state index contributed by atoms with van der Waals surface area (Å²) in [5, 5.41) is 5.90. The summed E-state index contributed by atoms with van der Waals surface area (Å²) in [5.41, 5.74) is 1.94. The van der Waals surface area contributed by atoms with E-state index in [1.165, 1.54) is 11.8 Å². The Morgan fingerprint density at radius 3 is 2.62 bits per heavy atom. The fraction of sp³-hybridized carbons (Fsp3) is 0.529. The Labute approximate surface area is 154 Å². The molecular formula is C17H26ClN3O2S. The molecule has 2 amide bonds. The van der Waals surface area contributed by atoms with Crippen molar-refractivity contribution in [2.24, 2.45) is 0 Å². The van der Waals surface area contributed by atoms with Crippen LogP contribution in [0.15, 0.2) is 24.3 Å². The van der Waals surface area contributed by atoms with E-state index >= 15 is 0 Å². The van der Waals surface area contributed by atoms with E-state index in [4.69, 9.17) is 0 Å². The maximum Gasteiger partial charge on any atom is 0.235 e. The number of benzene rings is 1. The first-order valence-electron chi connectivity index (χ1n) is 7.93. The summed E-state index contributed by atoms with van der Waals surface area (Å²) >= 11 is 1.38. The number of hydrogen-bond donors (Lipinski definition) is 2. The van der Waals surface area contributed by atoms with E-state index in [0.29, 0.717) is 0 Å². The summed E-state index contributed by atoms with van der Waals surface area (Å²) < 4.78 is 0. The molecule has 134 valence electrons. The predicted molar refractivity (Wildman–Crippen MR) is 103 cm³/mol. The molecule has 24 heavy (non-hydrogen) atoms. The number of amides is 2. The first kappa shape index (κ1) is 20.8. The van der Waals surface area contributed by atoms with Gasteiger partial charge >= 0.3 is 0 Å². The predicted octanol–water partition coefficient (Wildman–Crippen LogP) is 2.30. The summed E-state index contributed by atoms with van der Waals surface area (Å²) in [7, 11) is 1.85.